The van der Waals surface area contributed by atoms with Crippen molar-refractivity contribution in [3.63, 3.8) is 0 Å². The number of nitrogens with one attached hydrogen (secondary N) is 1. The van der Waals surface area contributed by atoms with Crippen LogP contribution >= 0.6 is 11.8 Å². The van der Waals surface area contributed by atoms with Crippen molar-refractivity contribution < 1.29 is 0 Å². The van der Waals surface area contributed by atoms with E-state index in [1.807, 2.05) is 25.0 Å². The monoisotopic (exact) mass is 225 g/mol. The second-order valence-electron chi connectivity index (χ2n) is 3.52. The minimum atomic E-state index is 0.303. The van der Waals surface area contributed by atoms with E-state index in [2.05, 4.69) is 29.1 Å². The number of thioether (sulfide) groups is 1. The molecule has 0 aliphatic rings. The predicted octanol–water partition coefficient (Wildman–Crippen LogP) is 2.27. The minimum absolute atomic E-state index is 0.303. The largest absolute Gasteiger partial charge is 0.311 e. The summed E-state index contributed by atoms with van der Waals surface area (Å²) in [6.45, 7) is 4.47. The van der Waals surface area contributed by atoms with Crippen LogP contribution in [-0.2, 0) is 0 Å². The Morgan fingerprint density at radius 3 is 2.80 bits per heavy atom. The van der Waals surface area contributed by atoms with Gasteiger partial charge in [0.1, 0.15) is 0 Å². The van der Waals surface area contributed by atoms with Crippen LogP contribution < -0.4 is 5.32 Å². The molecule has 15 heavy (non-hydrogen) atoms. The van der Waals surface area contributed by atoms with Gasteiger partial charge in [-0.3, -0.25) is 9.97 Å². The van der Waals surface area contributed by atoms with Crippen LogP contribution in [0.2, 0.25) is 0 Å². The fourth-order valence-electron chi connectivity index (χ4n) is 1.19. The Bertz CT molecular complexity index is 266. The van der Waals surface area contributed by atoms with E-state index in [1.165, 1.54) is 6.42 Å². The van der Waals surface area contributed by atoms with Gasteiger partial charge >= 0.3 is 0 Å². The van der Waals surface area contributed by atoms with Crippen molar-refractivity contribution >= 4 is 11.8 Å². The summed E-state index contributed by atoms with van der Waals surface area (Å²) in [7, 11) is 1.97. The van der Waals surface area contributed by atoms with E-state index < -0.39 is 0 Å². The lowest BCUT2D eigenvalue weighted by Crippen LogP contribution is -2.21. The molecule has 0 amide bonds. The molecule has 1 rings (SSSR count). The van der Waals surface area contributed by atoms with Gasteiger partial charge in [-0.2, -0.15) is 11.8 Å². The van der Waals surface area contributed by atoms with Crippen LogP contribution in [0.25, 0.3) is 0 Å². The third-order valence-corrected chi connectivity index (χ3v) is 3.84. The van der Waals surface area contributed by atoms with E-state index in [0.29, 0.717) is 11.3 Å². The first-order chi connectivity index (χ1) is 7.27. The van der Waals surface area contributed by atoms with E-state index in [-0.39, 0.29) is 0 Å². The second-order valence-corrected chi connectivity index (χ2v) is 5.00. The van der Waals surface area contributed by atoms with E-state index in [0.717, 1.165) is 11.4 Å². The van der Waals surface area contributed by atoms with Gasteiger partial charge in [-0.05, 0) is 13.5 Å². The molecule has 0 aromatic carbocycles. The molecule has 0 spiro atoms. The van der Waals surface area contributed by atoms with Crippen LogP contribution in [0.1, 0.15) is 32.0 Å². The van der Waals surface area contributed by atoms with Gasteiger partial charge in [-0.25, -0.2) is 0 Å². The fourth-order valence-corrected chi connectivity index (χ4v) is 2.28. The number of aromatic nitrogens is 2. The summed E-state index contributed by atoms with van der Waals surface area (Å²) in [5.74, 6) is 1.05. The Morgan fingerprint density at radius 1 is 1.47 bits per heavy atom. The van der Waals surface area contributed by atoms with Crippen LogP contribution in [0, 0.1) is 0 Å². The van der Waals surface area contributed by atoms with Gasteiger partial charge in [0.2, 0.25) is 0 Å². The second kappa shape index (κ2) is 6.80. The smallest absolute Gasteiger partial charge is 0.0764 e. The summed E-state index contributed by atoms with van der Waals surface area (Å²) >= 11 is 1.97. The molecule has 84 valence electrons. The quantitative estimate of drug-likeness (QED) is 0.806. The Kier molecular flexibility index (Phi) is 5.65. The van der Waals surface area contributed by atoms with Gasteiger partial charge in [0.15, 0.2) is 0 Å². The molecular weight excluding hydrogens is 206 g/mol. The highest BCUT2D eigenvalue weighted by Crippen LogP contribution is 2.20. The van der Waals surface area contributed by atoms with Crippen LogP contribution in [0.15, 0.2) is 18.6 Å². The third kappa shape index (κ3) is 4.18. The standard InChI is InChI=1S/C11H19N3S/c1-4-9(2)15-8-11(12-3)10-7-13-5-6-14-10/h5-7,9,11-12H,4,8H2,1-3H3. The van der Waals surface area contributed by atoms with Gasteiger partial charge in [0.05, 0.1) is 11.7 Å². The highest BCUT2D eigenvalue weighted by Gasteiger charge is 2.11. The van der Waals surface area contributed by atoms with E-state index in [9.17, 15) is 0 Å². The highest BCUT2D eigenvalue weighted by molar-refractivity contribution is 7.99. The lowest BCUT2D eigenvalue weighted by Gasteiger charge is -2.16. The molecule has 1 N–H and O–H groups in total. The van der Waals surface area contributed by atoms with Crippen molar-refractivity contribution in [2.75, 3.05) is 12.8 Å². The van der Waals surface area contributed by atoms with Crippen LogP contribution in [0.3, 0.4) is 0 Å². The van der Waals surface area contributed by atoms with E-state index in [4.69, 9.17) is 0 Å². The summed E-state index contributed by atoms with van der Waals surface area (Å²) in [6, 6.07) is 0.303. The summed E-state index contributed by atoms with van der Waals surface area (Å²) in [5, 5.41) is 3.98. The zero-order chi connectivity index (χ0) is 11.1. The summed E-state index contributed by atoms with van der Waals surface area (Å²) < 4.78 is 0. The highest BCUT2D eigenvalue weighted by atomic mass is 32.2. The average Bonchev–Trinajstić information content (AvgIpc) is 2.31. The molecule has 0 bridgehead atoms. The molecule has 1 aromatic heterocycles. The summed E-state index contributed by atoms with van der Waals surface area (Å²) in [5.41, 5.74) is 1.02. The number of hydrogen-bond acceptors (Lipinski definition) is 4. The molecule has 0 aliphatic carbocycles. The molecule has 4 heteroatoms. The molecule has 2 unspecified atom stereocenters. The normalized spacial score (nSPS) is 14.9. The first-order valence-corrected chi connectivity index (χ1v) is 6.37. The number of rotatable bonds is 6. The number of nitrogens with zero attached hydrogens (tertiary/aromatic N) is 2. The van der Waals surface area contributed by atoms with Gasteiger partial charge in [0.25, 0.3) is 0 Å². The molecule has 1 aromatic rings. The average molecular weight is 225 g/mol. The topological polar surface area (TPSA) is 37.8 Å². The molecule has 0 aliphatic heterocycles. The van der Waals surface area contributed by atoms with E-state index in [1.54, 1.807) is 12.4 Å². The SMILES string of the molecule is CCC(C)SCC(NC)c1cnccn1. The zero-order valence-electron chi connectivity index (χ0n) is 9.60. The molecule has 1 heterocycles. The zero-order valence-corrected chi connectivity index (χ0v) is 10.4. The maximum atomic E-state index is 4.32. The molecular formula is C11H19N3S. The van der Waals surface area contributed by atoms with Crippen molar-refractivity contribution in [3.8, 4) is 0 Å². The van der Waals surface area contributed by atoms with Crippen molar-refractivity contribution in [1.82, 2.24) is 15.3 Å². The van der Waals surface area contributed by atoms with Gasteiger partial charge in [-0.15, -0.1) is 0 Å². The minimum Gasteiger partial charge on any atom is -0.311 e. The Hall–Kier alpha value is -0.610. The Labute approximate surface area is 96.1 Å². The molecule has 0 saturated carbocycles. The van der Waals surface area contributed by atoms with Gasteiger partial charge in [0, 0.05) is 29.6 Å². The maximum absolute atomic E-state index is 4.32. The Morgan fingerprint density at radius 2 is 2.27 bits per heavy atom. The van der Waals surface area contributed by atoms with Crippen LogP contribution in [0.4, 0.5) is 0 Å². The van der Waals surface area contributed by atoms with Crippen molar-refractivity contribution in [1.29, 1.82) is 0 Å². The van der Waals surface area contributed by atoms with Gasteiger partial charge < -0.3 is 5.32 Å². The molecule has 0 saturated heterocycles. The molecule has 3 nitrogen and oxygen atoms in total. The predicted molar refractivity (Wildman–Crippen MR) is 66.0 cm³/mol. The molecule has 0 fully saturated rings. The van der Waals surface area contributed by atoms with E-state index >= 15 is 0 Å². The van der Waals surface area contributed by atoms with Crippen LogP contribution in [0.5, 0.6) is 0 Å². The van der Waals surface area contributed by atoms with Crippen molar-refractivity contribution in [2.45, 2.75) is 31.6 Å². The van der Waals surface area contributed by atoms with Crippen molar-refractivity contribution in [3.05, 3.63) is 24.3 Å². The lowest BCUT2D eigenvalue weighted by molar-refractivity contribution is 0.637. The Balaban J connectivity index is 2.50. The lowest BCUT2D eigenvalue weighted by atomic mass is 10.2. The summed E-state index contributed by atoms with van der Waals surface area (Å²) in [4.78, 5) is 8.40. The van der Waals surface area contributed by atoms with Gasteiger partial charge in [-0.1, -0.05) is 13.8 Å². The fraction of sp³-hybridized carbons (Fsp3) is 0.636. The summed E-state index contributed by atoms with van der Waals surface area (Å²) in [6.07, 6.45) is 6.49. The van der Waals surface area contributed by atoms with Crippen molar-refractivity contribution in [2.24, 2.45) is 0 Å². The maximum Gasteiger partial charge on any atom is 0.0764 e. The third-order valence-electron chi connectivity index (χ3n) is 2.41. The first kappa shape index (κ1) is 12.5. The molecule has 2 atom stereocenters. The molecule has 0 radical (unpaired) electrons. The number of hydrogen-bond donors (Lipinski definition) is 1. The van der Waals surface area contributed by atoms with Crippen LogP contribution in [-0.4, -0.2) is 28.0 Å². The first-order valence-electron chi connectivity index (χ1n) is 5.32.